The molecule has 2 N–H and O–H groups in total. The van der Waals surface area contributed by atoms with Gasteiger partial charge < -0.3 is 5.32 Å². The lowest BCUT2D eigenvalue weighted by Crippen LogP contribution is -2.30. The highest BCUT2D eigenvalue weighted by Crippen LogP contribution is 2.55. The fourth-order valence-corrected chi connectivity index (χ4v) is 2.67. The molecular weight excluding hydrogens is 210 g/mol. The summed E-state index contributed by atoms with van der Waals surface area (Å²) in [5.41, 5.74) is 0. The lowest BCUT2D eigenvalue weighted by Gasteiger charge is -2.10. The Bertz CT molecular complexity index is 464. The molecule has 0 bridgehead atoms. The quantitative estimate of drug-likeness (QED) is 0.756. The zero-order valence-electron chi connectivity index (χ0n) is 8.73. The molecule has 1 aromatic heterocycles. The number of H-pyrrole nitrogens is 1. The third-order valence-electron chi connectivity index (χ3n) is 3.59. The molecule has 86 valence electrons. The van der Waals surface area contributed by atoms with Crippen molar-refractivity contribution in [3.63, 3.8) is 0 Å². The normalized spacial score (nSPS) is 31.1. The minimum absolute atomic E-state index is 0.0776. The molecule has 2 fully saturated rings. The van der Waals surface area contributed by atoms with Crippen LogP contribution < -0.4 is 11.1 Å². The molecule has 0 saturated heterocycles. The van der Waals surface area contributed by atoms with Gasteiger partial charge >= 0.3 is 5.76 Å². The Balaban J connectivity index is 1.55. The third kappa shape index (κ3) is 1.64. The summed E-state index contributed by atoms with van der Waals surface area (Å²) in [6.07, 6.45) is 3.39. The summed E-state index contributed by atoms with van der Waals surface area (Å²) in [6, 6.07) is 0. The van der Waals surface area contributed by atoms with E-state index in [-0.39, 0.29) is 18.4 Å². The van der Waals surface area contributed by atoms with Gasteiger partial charge in [-0.2, -0.15) is 0 Å². The summed E-state index contributed by atoms with van der Waals surface area (Å²) in [6.45, 7) is 0.235. The highest BCUT2D eigenvalue weighted by Gasteiger charge is 2.50. The van der Waals surface area contributed by atoms with Crippen LogP contribution in [-0.4, -0.2) is 16.0 Å². The number of aromatic nitrogens is 2. The molecular formula is C10H13N3O3. The lowest BCUT2D eigenvalue weighted by molar-refractivity contribution is -0.125. The van der Waals surface area contributed by atoms with Gasteiger partial charge in [0.2, 0.25) is 5.91 Å². The largest absolute Gasteiger partial charge is 0.438 e. The van der Waals surface area contributed by atoms with Crippen LogP contribution in [0.4, 0.5) is 0 Å². The Hall–Kier alpha value is -1.59. The van der Waals surface area contributed by atoms with Crippen molar-refractivity contribution in [2.75, 3.05) is 0 Å². The summed E-state index contributed by atoms with van der Waals surface area (Å²) < 4.78 is 4.34. The number of carbonyl (C=O) groups excluding carboxylic acids is 1. The first-order valence-electron chi connectivity index (χ1n) is 5.56. The van der Waals surface area contributed by atoms with Gasteiger partial charge in [-0.1, -0.05) is 5.16 Å². The second-order valence-corrected chi connectivity index (χ2v) is 4.60. The van der Waals surface area contributed by atoms with Crippen molar-refractivity contribution in [1.82, 2.24) is 15.5 Å². The van der Waals surface area contributed by atoms with Crippen molar-refractivity contribution >= 4 is 5.91 Å². The molecule has 6 heteroatoms. The summed E-state index contributed by atoms with van der Waals surface area (Å²) in [5.74, 6) is 1.42. The molecule has 1 heterocycles. The van der Waals surface area contributed by atoms with Crippen LogP contribution in [0.3, 0.4) is 0 Å². The van der Waals surface area contributed by atoms with E-state index in [9.17, 15) is 9.59 Å². The number of aromatic amines is 1. The molecule has 1 amide bonds. The monoisotopic (exact) mass is 223 g/mol. The van der Waals surface area contributed by atoms with Crippen LogP contribution in [0.5, 0.6) is 0 Å². The first kappa shape index (κ1) is 9.62. The van der Waals surface area contributed by atoms with Crippen LogP contribution >= 0.6 is 0 Å². The van der Waals surface area contributed by atoms with Gasteiger partial charge in [-0.15, -0.1) is 0 Å². The van der Waals surface area contributed by atoms with Gasteiger partial charge in [-0.25, -0.2) is 4.79 Å². The van der Waals surface area contributed by atoms with Gasteiger partial charge in [0.05, 0.1) is 6.54 Å². The van der Waals surface area contributed by atoms with E-state index in [1.54, 1.807) is 0 Å². The van der Waals surface area contributed by atoms with Gasteiger partial charge in [0.15, 0.2) is 5.82 Å². The average Bonchev–Trinajstić information content (AvgIpc) is 2.73. The minimum atomic E-state index is -0.590. The zero-order chi connectivity index (χ0) is 11.1. The van der Waals surface area contributed by atoms with Gasteiger partial charge in [0, 0.05) is 5.92 Å². The van der Waals surface area contributed by atoms with Crippen LogP contribution in [-0.2, 0) is 11.3 Å². The number of carbonyl (C=O) groups is 1. The number of amides is 1. The summed E-state index contributed by atoms with van der Waals surface area (Å²) in [4.78, 5) is 24.8. The van der Waals surface area contributed by atoms with E-state index in [1.807, 2.05) is 0 Å². The van der Waals surface area contributed by atoms with E-state index in [0.29, 0.717) is 11.7 Å². The highest BCUT2D eigenvalue weighted by molar-refractivity contribution is 5.79. The van der Waals surface area contributed by atoms with Crippen LogP contribution in [0, 0.1) is 17.8 Å². The predicted octanol–water partition coefficient (Wildman–Crippen LogP) is 0.0252. The summed E-state index contributed by atoms with van der Waals surface area (Å²) >= 11 is 0. The average molecular weight is 223 g/mol. The van der Waals surface area contributed by atoms with Crippen LogP contribution in [0.25, 0.3) is 0 Å². The Morgan fingerprint density at radius 3 is 3.00 bits per heavy atom. The second-order valence-electron chi connectivity index (χ2n) is 4.60. The fourth-order valence-electron chi connectivity index (χ4n) is 2.67. The van der Waals surface area contributed by atoms with E-state index in [4.69, 9.17) is 0 Å². The van der Waals surface area contributed by atoms with Gasteiger partial charge in [-0.05, 0) is 31.1 Å². The third-order valence-corrected chi connectivity index (χ3v) is 3.59. The Morgan fingerprint density at radius 1 is 1.56 bits per heavy atom. The number of nitrogens with one attached hydrogen (secondary N) is 2. The molecule has 0 aliphatic heterocycles. The number of rotatable bonds is 3. The molecule has 0 unspecified atom stereocenters. The number of fused-ring (bicyclic) bond motifs is 1. The molecule has 16 heavy (non-hydrogen) atoms. The summed E-state index contributed by atoms with van der Waals surface area (Å²) in [5, 5.41) is 6.27. The van der Waals surface area contributed by atoms with Crippen molar-refractivity contribution in [1.29, 1.82) is 0 Å². The van der Waals surface area contributed by atoms with E-state index in [0.717, 1.165) is 12.3 Å². The maximum atomic E-state index is 11.8. The summed E-state index contributed by atoms with van der Waals surface area (Å²) in [7, 11) is 0. The van der Waals surface area contributed by atoms with E-state index < -0.39 is 5.76 Å². The van der Waals surface area contributed by atoms with Gasteiger partial charge in [0.1, 0.15) is 0 Å². The molecule has 2 saturated carbocycles. The van der Waals surface area contributed by atoms with Crippen LogP contribution in [0.15, 0.2) is 9.32 Å². The molecule has 3 atom stereocenters. The van der Waals surface area contributed by atoms with Gasteiger partial charge in [0.25, 0.3) is 0 Å². The topological polar surface area (TPSA) is 88.0 Å². The van der Waals surface area contributed by atoms with Crippen LogP contribution in [0.1, 0.15) is 25.1 Å². The fraction of sp³-hybridized carbons (Fsp3) is 0.700. The number of hydrogen-bond acceptors (Lipinski definition) is 4. The molecule has 2 aliphatic rings. The van der Waals surface area contributed by atoms with Crippen molar-refractivity contribution in [2.45, 2.75) is 25.8 Å². The minimum Gasteiger partial charge on any atom is -0.348 e. The van der Waals surface area contributed by atoms with Crippen molar-refractivity contribution in [3.8, 4) is 0 Å². The van der Waals surface area contributed by atoms with Crippen molar-refractivity contribution < 1.29 is 9.32 Å². The van der Waals surface area contributed by atoms with E-state index in [2.05, 4.69) is 20.0 Å². The molecule has 0 aromatic carbocycles. The smallest absolute Gasteiger partial charge is 0.348 e. The molecule has 3 rings (SSSR count). The molecule has 0 radical (unpaired) electrons. The van der Waals surface area contributed by atoms with Gasteiger partial charge in [-0.3, -0.25) is 14.3 Å². The Morgan fingerprint density at radius 2 is 2.44 bits per heavy atom. The molecule has 6 nitrogen and oxygen atoms in total. The zero-order valence-corrected chi connectivity index (χ0v) is 8.73. The van der Waals surface area contributed by atoms with E-state index in [1.165, 1.54) is 12.8 Å². The Labute approximate surface area is 91.4 Å². The lowest BCUT2D eigenvalue weighted by atomic mass is 10.0. The first-order valence-corrected chi connectivity index (χ1v) is 5.56. The SMILES string of the molecule is O=C(NCc1noc(=O)[nH]1)[C@@H]1CC[C@@H]2C[C@@H]21. The van der Waals surface area contributed by atoms with E-state index >= 15 is 0 Å². The molecule has 1 aromatic rings. The second kappa shape index (κ2) is 3.47. The van der Waals surface area contributed by atoms with Crippen molar-refractivity contribution in [2.24, 2.45) is 17.8 Å². The maximum Gasteiger partial charge on any atom is 0.438 e. The van der Waals surface area contributed by atoms with Crippen molar-refractivity contribution in [3.05, 3.63) is 16.4 Å². The molecule has 2 aliphatic carbocycles. The first-order chi connectivity index (χ1) is 7.74. The Kier molecular flexibility index (Phi) is 2.08. The standard InChI is InChI=1S/C10H13N3O3/c14-9(6-2-1-5-3-7(5)6)11-4-8-12-10(15)16-13-8/h5-7H,1-4H2,(H,11,14)(H,12,13,15)/t5-,6-,7+/m1/s1. The maximum absolute atomic E-state index is 11.8. The number of hydrogen-bond donors (Lipinski definition) is 2. The highest BCUT2D eigenvalue weighted by atomic mass is 16.5. The van der Waals surface area contributed by atoms with Crippen LogP contribution in [0.2, 0.25) is 0 Å². The number of nitrogens with zero attached hydrogens (tertiary/aromatic N) is 1. The molecule has 0 spiro atoms. The predicted molar refractivity (Wildman–Crippen MR) is 53.3 cm³/mol.